The Morgan fingerprint density at radius 2 is 1.66 bits per heavy atom. The lowest BCUT2D eigenvalue weighted by atomic mass is 9.95. The number of nitrogens with one attached hydrogen (secondary N) is 1. The number of hydrogen-bond donors (Lipinski definition) is 1. The molecule has 2 saturated heterocycles. The molecule has 180 valence electrons. The van der Waals surface area contributed by atoms with Crippen molar-refractivity contribution in [3.8, 4) is 11.5 Å². The molecule has 2 heterocycles. The van der Waals surface area contributed by atoms with Crippen molar-refractivity contribution >= 4 is 15.9 Å². The highest BCUT2D eigenvalue weighted by Gasteiger charge is 2.33. The molecule has 3 rings (SSSR count). The summed E-state index contributed by atoms with van der Waals surface area (Å²) < 4.78 is 38.1. The molecule has 2 fully saturated rings. The van der Waals surface area contributed by atoms with Crippen LogP contribution in [0.25, 0.3) is 0 Å². The Morgan fingerprint density at radius 1 is 1.03 bits per heavy atom. The lowest BCUT2D eigenvalue weighted by molar-refractivity contribution is -0.127. The van der Waals surface area contributed by atoms with Crippen molar-refractivity contribution in [3.05, 3.63) is 18.2 Å². The van der Waals surface area contributed by atoms with Gasteiger partial charge in [-0.1, -0.05) is 13.8 Å². The van der Waals surface area contributed by atoms with Crippen LogP contribution in [0.15, 0.2) is 23.1 Å². The van der Waals surface area contributed by atoms with Gasteiger partial charge >= 0.3 is 0 Å². The van der Waals surface area contributed by atoms with E-state index in [0.29, 0.717) is 43.3 Å². The van der Waals surface area contributed by atoms with Crippen LogP contribution in [0.4, 0.5) is 0 Å². The number of carbonyl (C=O) groups excluding carboxylic acids is 1. The number of likely N-dealkylation sites (tertiary alicyclic amines) is 1. The fourth-order valence-corrected chi connectivity index (χ4v) is 6.07. The average Bonchev–Trinajstić information content (AvgIpc) is 2.79. The molecule has 1 amide bonds. The van der Waals surface area contributed by atoms with Gasteiger partial charge in [-0.05, 0) is 43.7 Å². The van der Waals surface area contributed by atoms with Crippen LogP contribution in [-0.4, -0.2) is 76.5 Å². The van der Waals surface area contributed by atoms with E-state index >= 15 is 0 Å². The Morgan fingerprint density at radius 3 is 2.22 bits per heavy atom. The summed E-state index contributed by atoms with van der Waals surface area (Å²) in [5.74, 6) is 1.44. The molecule has 32 heavy (non-hydrogen) atoms. The van der Waals surface area contributed by atoms with Gasteiger partial charge in [0.15, 0.2) is 11.5 Å². The van der Waals surface area contributed by atoms with Gasteiger partial charge in [0.1, 0.15) is 0 Å². The smallest absolute Gasteiger partial charge is 0.243 e. The lowest BCUT2D eigenvalue weighted by Crippen LogP contribution is -2.49. The van der Waals surface area contributed by atoms with E-state index in [0.717, 1.165) is 32.5 Å². The first-order chi connectivity index (χ1) is 15.2. The number of hydrogen-bond acceptors (Lipinski definition) is 6. The highest BCUT2D eigenvalue weighted by atomic mass is 32.2. The monoisotopic (exact) mass is 467 g/mol. The van der Waals surface area contributed by atoms with Crippen molar-refractivity contribution in [2.24, 2.45) is 11.8 Å². The van der Waals surface area contributed by atoms with Crippen LogP contribution in [0.2, 0.25) is 0 Å². The number of carbonyl (C=O) groups is 1. The maximum atomic E-state index is 13.1. The van der Waals surface area contributed by atoms with Crippen molar-refractivity contribution in [2.75, 3.05) is 46.9 Å². The Hall–Kier alpha value is -1.84. The van der Waals surface area contributed by atoms with Gasteiger partial charge in [0.25, 0.3) is 0 Å². The lowest BCUT2D eigenvalue weighted by Gasteiger charge is -2.35. The third-order valence-electron chi connectivity index (χ3n) is 6.37. The molecule has 0 aromatic heterocycles. The minimum atomic E-state index is -3.65. The summed E-state index contributed by atoms with van der Waals surface area (Å²) in [6.45, 7) is 8.27. The van der Waals surface area contributed by atoms with Crippen LogP contribution in [0, 0.1) is 11.8 Å². The number of nitrogens with zero attached hydrogens (tertiary/aromatic N) is 2. The Kier molecular flexibility index (Phi) is 8.41. The van der Waals surface area contributed by atoms with Gasteiger partial charge in [0, 0.05) is 50.7 Å². The second kappa shape index (κ2) is 10.9. The predicted molar refractivity (Wildman–Crippen MR) is 123 cm³/mol. The van der Waals surface area contributed by atoms with Crippen LogP contribution in [0.3, 0.4) is 0 Å². The van der Waals surface area contributed by atoms with Gasteiger partial charge in [-0.15, -0.1) is 0 Å². The van der Waals surface area contributed by atoms with Gasteiger partial charge < -0.3 is 19.7 Å². The first kappa shape index (κ1) is 24.8. The van der Waals surface area contributed by atoms with Crippen molar-refractivity contribution in [2.45, 2.75) is 50.5 Å². The second-order valence-electron chi connectivity index (χ2n) is 9.17. The minimum Gasteiger partial charge on any atom is -0.493 e. The summed E-state index contributed by atoms with van der Waals surface area (Å²) >= 11 is 0. The number of piperidine rings is 2. The molecule has 0 bridgehead atoms. The number of methoxy groups -OCH3 is 2. The van der Waals surface area contributed by atoms with E-state index in [1.165, 1.54) is 30.7 Å². The van der Waals surface area contributed by atoms with Gasteiger partial charge in [-0.2, -0.15) is 4.31 Å². The van der Waals surface area contributed by atoms with E-state index in [1.54, 1.807) is 6.07 Å². The predicted octanol–water partition coefficient (Wildman–Crippen LogP) is 2.34. The highest BCUT2D eigenvalue weighted by molar-refractivity contribution is 7.89. The maximum absolute atomic E-state index is 13.1. The van der Waals surface area contributed by atoms with Crippen LogP contribution < -0.4 is 14.8 Å². The van der Waals surface area contributed by atoms with Gasteiger partial charge in [0.05, 0.1) is 19.1 Å². The van der Waals surface area contributed by atoms with Gasteiger partial charge in [-0.25, -0.2) is 8.42 Å². The normalized spacial score (nSPS) is 19.8. The third kappa shape index (κ3) is 5.94. The highest BCUT2D eigenvalue weighted by Crippen LogP contribution is 2.32. The molecule has 9 heteroatoms. The quantitative estimate of drug-likeness (QED) is 0.631. The van der Waals surface area contributed by atoms with Crippen LogP contribution >= 0.6 is 0 Å². The van der Waals surface area contributed by atoms with E-state index in [4.69, 9.17) is 9.47 Å². The molecule has 0 atom stereocenters. The molecule has 2 aliphatic heterocycles. The summed E-state index contributed by atoms with van der Waals surface area (Å²) in [6, 6.07) is 4.83. The molecule has 1 N–H and O–H groups in total. The standard InChI is InChI=1S/C23H37N3O5S/c1-17(2)16-25-11-9-19(10-12-25)24-23(27)18-7-13-26(14-8-18)32(28,29)20-5-6-21(30-3)22(15-20)31-4/h5-6,15,17-19H,7-14,16H2,1-4H3,(H,24,27). The fraction of sp³-hybridized carbons (Fsp3) is 0.696. The van der Waals surface area contributed by atoms with Gasteiger partial charge in [0.2, 0.25) is 15.9 Å². The molecule has 0 radical (unpaired) electrons. The molecular formula is C23H37N3O5S. The Balaban J connectivity index is 1.52. The third-order valence-corrected chi connectivity index (χ3v) is 8.27. The second-order valence-corrected chi connectivity index (χ2v) is 11.1. The van der Waals surface area contributed by atoms with E-state index in [9.17, 15) is 13.2 Å². The Labute approximate surface area is 192 Å². The molecule has 2 aliphatic rings. The first-order valence-electron chi connectivity index (χ1n) is 11.5. The van der Waals surface area contributed by atoms with Crippen molar-refractivity contribution in [3.63, 3.8) is 0 Å². The number of amides is 1. The van der Waals surface area contributed by atoms with Crippen LogP contribution in [0.5, 0.6) is 11.5 Å². The number of sulfonamides is 1. The van der Waals surface area contributed by atoms with Crippen LogP contribution in [0.1, 0.15) is 39.5 Å². The van der Waals surface area contributed by atoms with Crippen molar-refractivity contribution in [1.82, 2.24) is 14.5 Å². The first-order valence-corrected chi connectivity index (χ1v) is 12.9. The molecule has 1 aromatic rings. The zero-order valence-corrected chi connectivity index (χ0v) is 20.5. The van der Waals surface area contributed by atoms with E-state index in [2.05, 4.69) is 24.1 Å². The van der Waals surface area contributed by atoms with Crippen LogP contribution in [-0.2, 0) is 14.8 Å². The summed E-state index contributed by atoms with van der Waals surface area (Å²) in [6.07, 6.45) is 3.02. The SMILES string of the molecule is COc1ccc(S(=O)(=O)N2CCC(C(=O)NC3CCN(CC(C)C)CC3)CC2)cc1OC. The zero-order chi connectivity index (χ0) is 23.3. The van der Waals surface area contributed by atoms with E-state index in [1.807, 2.05) is 0 Å². The molecule has 0 saturated carbocycles. The van der Waals surface area contributed by atoms with Crippen molar-refractivity contribution in [1.29, 1.82) is 0 Å². The van der Waals surface area contributed by atoms with Gasteiger partial charge in [-0.3, -0.25) is 4.79 Å². The topological polar surface area (TPSA) is 88.2 Å². The number of ether oxygens (including phenoxy) is 2. The fourth-order valence-electron chi connectivity index (χ4n) is 4.58. The summed E-state index contributed by atoms with van der Waals surface area (Å²) in [4.78, 5) is 15.4. The maximum Gasteiger partial charge on any atom is 0.243 e. The molecule has 0 spiro atoms. The summed E-state index contributed by atoms with van der Waals surface area (Å²) in [5.41, 5.74) is 0. The minimum absolute atomic E-state index is 0.0653. The molecular weight excluding hydrogens is 430 g/mol. The molecule has 0 aliphatic carbocycles. The number of benzene rings is 1. The summed E-state index contributed by atoms with van der Waals surface area (Å²) in [7, 11) is -0.662. The van der Waals surface area contributed by atoms with Crippen molar-refractivity contribution < 1.29 is 22.7 Å². The molecule has 8 nitrogen and oxygen atoms in total. The molecule has 1 aromatic carbocycles. The molecule has 0 unspecified atom stereocenters. The Bertz CT molecular complexity index is 874. The zero-order valence-electron chi connectivity index (χ0n) is 19.7. The number of rotatable bonds is 8. The summed E-state index contributed by atoms with van der Waals surface area (Å²) in [5, 5.41) is 3.21. The van der Waals surface area contributed by atoms with E-state index in [-0.39, 0.29) is 22.8 Å². The average molecular weight is 468 g/mol. The van der Waals surface area contributed by atoms with E-state index < -0.39 is 10.0 Å². The largest absolute Gasteiger partial charge is 0.493 e.